The molecule has 104 valence electrons. The Balaban J connectivity index is 1.78. The molecule has 0 aromatic heterocycles. The molecule has 1 heterocycles. The zero-order chi connectivity index (χ0) is 13.3. The minimum absolute atomic E-state index is 0.230. The third-order valence-electron chi connectivity index (χ3n) is 4.58. The van der Waals surface area contributed by atoms with Crippen molar-refractivity contribution < 1.29 is 4.39 Å². The van der Waals surface area contributed by atoms with Gasteiger partial charge in [-0.1, -0.05) is 30.5 Å². The third kappa shape index (κ3) is 2.64. The molecule has 1 N–H and O–H groups in total. The first kappa shape index (κ1) is 13.3. The molecule has 4 heteroatoms. The summed E-state index contributed by atoms with van der Waals surface area (Å²) in [5.74, 6) is -0.332. The summed E-state index contributed by atoms with van der Waals surface area (Å²) in [7, 11) is 0. The van der Waals surface area contributed by atoms with E-state index in [2.05, 4.69) is 10.2 Å². The minimum atomic E-state index is -0.332. The summed E-state index contributed by atoms with van der Waals surface area (Å²) in [4.78, 5) is 2.57. The molecule has 0 unspecified atom stereocenters. The summed E-state index contributed by atoms with van der Waals surface area (Å²) >= 11 is 5.88. The number of benzene rings is 1. The predicted molar refractivity (Wildman–Crippen MR) is 75.9 cm³/mol. The second-order valence-corrected chi connectivity index (χ2v) is 6.19. The Kier molecular flexibility index (Phi) is 3.79. The smallest absolute Gasteiger partial charge is 0.141 e. The van der Waals surface area contributed by atoms with Crippen molar-refractivity contribution in [3.05, 3.63) is 34.6 Å². The number of hydrogen-bond acceptors (Lipinski definition) is 2. The van der Waals surface area contributed by atoms with Crippen molar-refractivity contribution in [2.75, 3.05) is 19.6 Å². The van der Waals surface area contributed by atoms with Crippen molar-refractivity contribution >= 4 is 11.6 Å². The fraction of sp³-hybridized carbons (Fsp3) is 0.600. The van der Waals surface area contributed by atoms with Crippen LogP contribution in [0.2, 0.25) is 5.02 Å². The maximum Gasteiger partial charge on any atom is 0.141 e. The molecule has 1 aliphatic heterocycles. The summed E-state index contributed by atoms with van der Waals surface area (Å²) in [5, 5.41) is 3.76. The van der Waals surface area contributed by atoms with Crippen LogP contribution < -0.4 is 5.32 Å². The van der Waals surface area contributed by atoms with Crippen LogP contribution in [0.25, 0.3) is 0 Å². The fourth-order valence-electron chi connectivity index (χ4n) is 3.52. The standard InChI is InChI=1S/C15H20ClFN2/c16-13-9-12(3-4-14(13)17)10-19-8-7-18-11-15(19)5-1-2-6-15/h3-4,9,18H,1-2,5-8,10-11H2. The highest BCUT2D eigenvalue weighted by Gasteiger charge is 2.40. The fourth-order valence-corrected chi connectivity index (χ4v) is 3.72. The van der Waals surface area contributed by atoms with Crippen molar-refractivity contribution in [2.45, 2.75) is 37.8 Å². The van der Waals surface area contributed by atoms with Crippen LogP contribution >= 0.6 is 11.6 Å². The van der Waals surface area contributed by atoms with E-state index in [1.54, 1.807) is 6.07 Å². The molecule has 1 saturated heterocycles. The topological polar surface area (TPSA) is 15.3 Å². The normalized spacial score (nSPS) is 23.1. The van der Waals surface area contributed by atoms with E-state index in [-0.39, 0.29) is 10.8 Å². The van der Waals surface area contributed by atoms with E-state index in [0.717, 1.165) is 31.7 Å². The molecule has 2 aliphatic rings. The maximum absolute atomic E-state index is 13.2. The van der Waals surface area contributed by atoms with E-state index in [4.69, 9.17) is 11.6 Å². The molecule has 0 amide bonds. The lowest BCUT2D eigenvalue weighted by atomic mass is 9.92. The molecule has 3 rings (SSSR count). The Morgan fingerprint density at radius 3 is 2.84 bits per heavy atom. The Labute approximate surface area is 118 Å². The number of piperazine rings is 1. The predicted octanol–water partition coefficient (Wildman–Crippen LogP) is 3.20. The van der Waals surface area contributed by atoms with Gasteiger partial charge in [-0.25, -0.2) is 4.39 Å². The van der Waals surface area contributed by atoms with Gasteiger partial charge in [-0.3, -0.25) is 4.90 Å². The van der Waals surface area contributed by atoms with Crippen LogP contribution in [-0.2, 0) is 6.54 Å². The van der Waals surface area contributed by atoms with E-state index in [0.29, 0.717) is 5.54 Å². The molecule has 0 bridgehead atoms. The van der Waals surface area contributed by atoms with Gasteiger partial charge in [0.15, 0.2) is 0 Å². The van der Waals surface area contributed by atoms with Gasteiger partial charge in [-0.15, -0.1) is 0 Å². The van der Waals surface area contributed by atoms with Crippen LogP contribution in [0.15, 0.2) is 18.2 Å². The average Bonchev–Trinajstić information content (AvgIpc) is 2.86. The van der Waals surface area contributed by atoms with Gasteiger partial charge in [-0.2, -0.15) is 0 Å². The summed E-state index contributed by atoms with van der Waals surface area (Å²) < 4.78 is 13.2. The lowest BCUT2D eigenvalue weighted by Gasteiger charge is -2.45. The van der Waals surface area contributed by atoms with Crippen molar-refractivity contribution in [2.24, 2.45) is 0 Å². The molecule has 2 fully saturated rings. The number of hydrogen-bond donors (Lipinski definition) is 1. The second kappa shape index (κ2) is 5.39. The molecule has 0 radical (unpaired) electrons. The highest BCUT2D eigenvalue weighted by molar-refractivity contribution is 6.30. The van der Waals surface area contributed by atoms with Crippen LogP contribution in [0.5, 0.6) is 0 Å². The summed E-state index contributed by atoms with van der Waals surface area (Å²) in [6, 6.07) is 5.09. The van der Waals surface area contributed by atoms with Crippen LogP contribution in [-0.4, -0.2) is 30.1 Å². The lowest BCUT2D eigenvalue weighted by molar-refractivity contribution is 0.0572. The second-order valence-electron chi connectivity index (χ2n) is 5.78. The quantitative estimate of drug-likeness (QED) is 0.896. The first-order valence-corrected chi connectivity index (χ1v) is 7.47. The third-order valence-corrected chi connectivity index (χ3v) is 4.86. The van der Waals surface area contributed by atoms with Gasteiger partial charge in [0, 0.05) is 31.7 Å². The molecule has 1 aliphatic carbocycles. The van der Waals surface area contributed by atoms with Crippen molar-refractivity contribution in [1.29, 1.82) is 0 Å². The van der Waals surface area contributed by atoms with Crippen LogP contribution in [0.1, 0.15) is 31.2 Å². The molecule has 2 nitrogen and oxygen atoms in total. The zero-order valence-electron chi connectivity index (χ0n) is 11.1. The molecular weight excluding hydrogens is 263 g/mol. The van der Waals surface area contributed by atoms with E-state index >= 15 is 0 Å². The van der Waals surface area contributed by atoms with Crippen LogP contribution in [0.3, 0.4) is 0 Å². The van der Waals surface area contributed by atoms with Gasteiger partial charge in [0.2, 0.25) is 0 Å². The molecule has 0 atom stereocenters. The van der Waals surface area contributed by atoms with E-state index in [9.17, 15) is 4.39 Å². The van der Waals surface area contributed by atoms with Gasteiger partial charge in [0.1, 0.15) is 5.82 Å². The maximum atomic E-state index is 13.2. The summed E-state index contributed by atoms with van der Waals surface area (Å²) in [6.45, 7) is 4.06. The van der Waals surface area contributed by atoms with Crippen molar-refractivity contribution in [1.82, 2.24) is 10.2 Å². The van der Waals surface area contributed by atoms with Gasteiger partial charge < -0.3 is 5.32 Å². The van der Waals surface area contributed by atoms with Gasteiger partial charge in [-0.05, 0) is 30.5 Å². The highest BCUT2D eigenvalue weighted by Crippen LogP contribution is 2.37. The first-order valence-electron chi connectivity index (χ1n) is 7.09. The lowest BCUT2D eigenvalue weighted by Crippen LogP contribution is -2.59. The number of halogens is 2. The molecule has 19 heavy (non-hydrogen) atoms. The number of nitrogens with zero attached hydrogens (tertiary/aromatic N) is 1. The zero-order valence-corrected chi connectivity index (χ0v) is 11.8. The average molecular weight is 283 g/mol. The highest BCUT2D eigenvalue weighted by atomic mass is 35.5. The van der Waals surface area contributed by atoms with Gasteiger partial charge in [0.05, 0.1) is 5.02 Å². The number of nitrogens with one attached hydrogen (secondary N) is 1. The van der Waals surface area contributed by atoms with E-state index < -0.39 is 0 Å². The van der Waals surface area contributed by atoms with Crippen LogP contribution in [0, 0.1) is 5.82 Å². The van der Waals surface area contributed by atoms with Crippen molar-refractivity contribution in [3.63, 3.8) is 0 Å². The summed E-state index contributed by atoms with van der Waals surface area (Å²) in [5.41, 5.74) is 1.43. The monoisotopic (exact) mass is 282 g/mol. The largest absolute Gasteiger partial charge is 0.314 e. The Hall–Kier alpha value is -0.640. The van der Waals surface area contributed by atoms with E-state index in [1.807, 2.05) is 6.07 Å². The molecular formula is C15H20ClFN2. The van der Waals surface area contributed by atoms with Crippen molar-refractivity contribution in [3.8, 4) is 0 Å². The number of rotatable bonds is 2. The molecule has 1 aromatic rings. The van der Waals surface area contributed by atoms with Gasteiger partial charge in [0.25, 0.3) is 0 Å². The van der Waals surface area contributed by atoms with Gasteiger partial charge >= 0.3 is 0 Å². The van der Waals surface area contributed by atoms with Crippen LogP contribution in [0.4, 0.5) is 4.39 Å². The molecule has 1 spiro atoms. The van der Waals surface area contributed by atoms with E-state index in [1.165, 1.54) is 31.7 Å². The summed E-state index contributed by atoms with van der Waals surface area (Å²) in [6.07, 6.45) is 5.19. The Morgan fingerprint density at radius 1 is 1.32 bits per heavy atom. The molecule has 1 saturated carbocycles. The minimum Gasteiger partial charge on any atom is -0.314 e. The Morgan fingerprint density at radius 2 is 2.11 bits per heavy atom. The SMILES string of the molecule is Fc1ccc(CN2CCNCC23CCCC3)cc1Cl. The molecule has 1 aromatic carbocycles. The Bertz CT molecular complexity index is 457. The first-order chi connectivity index (χ1) is 9.20.